The minimum absolute atomic E-state index is 0.199. The van der Waals surface area contributed by atoms with E-state index in [9.17, 15) is 9.18 Å². The van der Waals surface area contributed by atoms with Gasteiger partial charge in [0.1, 0.15) is 34.4 Å². The quantitative estimate of drug-likeness (QED) is 0.0332. The Hall–Kier alpha value is -11.5. The molecule has 21 heteroatoms. The van der Waals surface area contributed by atoms with Gasteiger partial charge in [0.05, 0.1) is 97.6 Å². The summed E-state index contributed by atoms with van der Waals surface area (Å²) < 4.78 is 40.6. The monoisotopic (exact) mass is 1570 g/mol. The maximum atomic E-state index is 14.3. The lowest BCUT2D eigenvalue weighted by molar-refractivity contribution is 0.0527. The molecule has 0 saturated heterocycles. The number of halogens is 4. The summed E-state index contributed by atoms with van der Waals surface area (Å²) in [6.07, 6.45) is 18.2. The number of carbonyl (C=O) groups excluding carboxylic acids is 1. The average Bonchev–Trinajstić information content (AvgIpc) is 1.76. The van der Waals surface area contributed by atoms with Gasteiger partial charge in [0.2, 0.25) is 0 Å². The summed E-state index contributed by atoms with van der Waals surface area (Å²) in [4.78, 5) is 42.4. The van der Waals surface area contributed by atoms with Gasteiger partial charge in [-0.3, -0.25) is 19.9 Å². The van der Waals surface area contributed by atoms with Crippen LogP contribution in [-0.2, 0) is 43.8 Å². The molecule has 0 aliphatic heterocycles. The van der Waals surface area contributed by atoms with Crippen molar-refractivity contribution in [3.8, 4) is 23.0 Å². The second-order valence-electron chi connectivity index (χ2n) is 28.8. The van der Waals surface area contributed by atoms with Gasteiger partial charge >= 0.3 is 5.97 Å². The number of carbonyl (C=O) groups is 1. The number of esters is 1. The van der Waals surface area contributed by atoms with E-state index in [-0.39, 0.29) is 12.4 Å². The second-order valence-corrected chi connectivity index (χ2v) is 30.1. The third kappa shape index (κ3) is 18.5. The van der Waals surface area contributed by atoms with E-state index in [0.29, 0.717) is 110 Å². The van der Waals surface area contributed by atoms with Gasteiger partial charge in [-0.2, -0.15) is 0 Å². The van der Waals surface area contributed by atoms with Crippen LogP contribution < -0.4 is 40.2 Å². The number of pyridine rings is 4. The molecular formula is C92H89Cl3FN11O6. The fraction of sp³-hybridized carbons (Fsp3) is 0.304. The topological polar surface area (TPSA) is 176 Å². The van der Waals surface area contributed by atoms with Gasteiger partial charge in [-0.25, -0.2) is 23.7 Å². The molecule has 8 aromatic carbocycles. The molecule has 0 unspecified atom stereocenters. The number of anilines is 4. The number of hydrogen-bond donors (Lipinski definition) is 4. The molecule has 4 aromatic heterocycles. The van der Waals surface area contributed by atoms with Crippen LogP contribution >= 0.6 is 34.8 Å². The van der Waals surface area contributed by atoms with Gasteiger partial charge in [-0.05, 0) is 248 Å². The minimum Gasteiger partial charge on any atom is -0.496 e. The van der Waals surface area contributed by atoms with E-state index >= 15 is 0 Å². The zero-order valence-electron chi connectivity index (χ0n) is 64.9. The van der Waals surface area contributed by atoms with Gasteiger partial charge in [0, 0.05) is 89.6 Å². The molecule has 0 amide bonds. The normalized spacial score (nSPS) is 13.4. The van der Waals surface area contributed by atoms with Crippen molar-refractivity contribution in [2.75, 3.05) is 56.3 Å². The second kappa shape index (κ2) is 35.9. The Morgan fingerprint density at radius 3 is 1.12 bits per heavy atom. The molecule has 4 aliphatic rings. The number of fused-ring (bicyclic) bond motifs is 4. The van der Waals surface area contributed by atoms with Gasteiger partial charge in [0.15, 0.2) is 17.1 Å². The number of nitrogens with zero attached hydrogens (tertiary/aromatic N) is 7. The van der Waals surface area contributed by atoms with E-state index in [0.717, 1.165) is 161 Å². The third-order valence-electron chi connectivity index (χ3n) is 21.0. The van der Waals surface area contributed by atoms with Crippen molar-refractivity contribution >= 4 is 124 Å². The van der Waals surface area contributed by atoms with Crippen LogP contribution in [0.2, 0.25) is 15.1 Å². The first kappa shape index (κ1) is 79.6. The molecule has 16 rings (SSSR count). The lowest BCUT2D eigenvalue weighted by Gasteiger charge is -2.17. The molecule has 17 nitrogen and oxygen atoms in total. The van der Waals surface area contributed by atoms with Crippen molar-refractivity contribution in [2.24, 2.45) is 0 Å². The van der Waals surface area contributed by atoms with Gasteiger partial charge in [-0.15, -0.1) is 0 Å². The Bertz CT molecular complexity index is 5750. The van der Waals surface area contributed by atoms with Crippen LogP contribution in [0.1, 0.15) is 173 Å². The molecule has 4 saturated carbocycles. The summed E-state index contributed by atoms with van der Waals surface area (Å²) in [6, 6.07) is 38.2. The summed E-state index contributed by atoms with van der Waals surface area (Å²) in [7, 11) is 6.48. The van der Waals surface area contributed by atoms with E-state index < -0.39 is 5.97 Å². The maximum Gasteiger partial charge on any atom is 0.341 e. The Morgan fingerprint density at radius 1 is 0.425 bits per heavy atom. The summed E-state index contributed by atoms with van der Waals surface area (Å²) in [5, 5.41) is 19.5. The van der Waals surface area contributed by atoms with Crippen LogP contribution in [0.25, 0.3) is 58.1 Å². The SMILES string of the molecule is CCc1cnc2c(C3CC3)cc(F)cc2c1NCc1ccc(OC)c(Cl)c1.[C-]#[N+]c1cc(C2CC2)c2ncc(C(=O)OCC)c(NCc3ccc(OC)c(C)c3)c2c1.[C-]#[N+]c1cc(C2CC2)c2ncc(C)c(NCc3ccc(OC)c(Cl)c3)c2c1.[C-]#[N+]c1cc(C2CC2)c2ncc(CC)c(NCc3ccc(OC)c(Cl)c3)c2c1. The molecule has 0 atom stereocenters. The molecule has 113 heavy (non-hydrogen) atoms. The Kier molecular flexibility index (Phi) is 25.3. The van der Waals surface area contributed by atoms with Gasteiger partial charge in [-0.1, -0.05) is 97.2 Å². The standard InChI is InChI=1S/C25H25N3O3.C23H22ClN3O.C22H22ClFN2O.C22H20ClN3O/c1-5-31-25(29)21-14-28-23-19(17-7-8-17)11-18(26-3)12-20(23)24(21)27-13-16-6-9-22(30-4)15(2)10-16;1-4-15-13-27-23-18(16-6-7-16)10-17(25-2)11-19(23)22(15)26-12-14-5-8-21(28-3)20(24)9-14;1-3-14-12-26-22-17(15-5-6-15)9-16(24)10-18(22)21(14)25-11-13-4-7-20(27-2)19(23)8-13;1-13-11-25-22-17(15-5-6-15)9-16(24-2)10-18(22)21(13)26-12-14-4-7-20(27-3)19(23)8-14/h6,9-12,14,17H,5,7-8,13H2,1-2,4H3,(H,27,28);5,8-11,13,16H,4,6-7,12H2,1,3H3,(H,26,27);4,7-10,12,15H,3,5-6,11H2,1-2H3,(H,25,26);4,7-11,15H,5-6,12H2,1,3H3,(H,25,26). The molecule has 12 aromatic rings. The van der Waals surface area contributed by atoms with Crippen LogP contribution in [0.4, 0.5) is 44.2 Å². The molecular weight excluding hydrogens is 1480 g/mol. The lowest BCUT2D eigenvalue weighted by atomic mass is 10.0. The molecule has 0 radical (unpaired) electrons. The number of aromatic nitrogens is 4. The van der Waals surface area contributed by atoms with E-state index in [1.165, 1.54) is 36.8 Å². The number of nitrogens with one attached hydrogen (secondary N) is 4. The molecule has 0 spiro atoms. The fourth-order valence-electron chi connectivity index (χ4n) is 14.4. The highest BCUT2D eigenvalue weighted by Gasteiger charge is 2.32. The van der Waals surface area contributed by atoms with Gasteiger partial charge in [0.25, 0.3) is 0 Å². The van der Waals surface area contributed by atoms with Crippen LogP contribution in [0.5, 0.6) is 23.0 Å². The molecule has 576 valence electrons. The number of rotatable bonds is 24. The van der Waals surface area contributed by atoms with Crippen molar-refractivity contribution in [2.45, 2.75) is 149 Å². The summed E-state index contributed by atoms with van der Waals surface area (Å²) in [5.41, 5.74) is 22.8. The highest BCUT2D eigenvalue weighted by Crippen LogP contribution is 2.50. The van der Waals surface area contributed by atoms with E-state index in [2.05, 4.69) is 70.7 Å². The molecule has 4 heterocycles. The Balaban J connectivity index is 0.000000132. The first-order valence-electron chi connectivity index (χ1n) is 38.2. The van der Waals surface area contributed by atoms with E-state index in [4.69, 9.17) is 83.2 Å². The molecule has 4 N–H and O–H groups in total. The molecule has 0 bridgehead atoms. The van der Waals surface area contributed by atoms with Crippen LogP contribution in [-0.4, -0.2) is 61.0 Å². The van der Waals surface area contributed by atoms with Crippen LogP contribution in [0.15, 0.2) is 146 Å². The zero-order valence-corrected chi connectivity index (χ0v) is 67.1. The number of aryl methyl sites for hydroxylation is 4. The number of hydrogen-bond acceptors (Lipinski definition) is 14. The fourth-order valence-corrected chi connectivity index (χ4v) is 15.3. The Labute approximate surface area is 674 Å². The largest absolute Gasteiger partial charge is 0.496 e. The predicted molar refractivity (Wildman–Crippen MR) is 454 cm³/mol. The summed E-state index contributed by atoms with van der Waals surface area (Å²) in [6.45, 7) is 35.2. The maximum absolute atomic E-state index is 14.3. The summed E-state index contributed by atoms with van der Waals surface area (Å²) in [5.74, 6) is 4.16. The van der Waals surface area contributed by atoms with E-state index in [1.54, 1.807) is 53.7 Å². The van der Waals surface area contributed by atoms with Crippen LogP contribution in [0, 0.1) is 39.4 Å². The van der Waals surface area contributed by atoms with Crippen molar-refractivity contribution < 1.29 is 32.9 Å². The highest BCUT2D eigenvalue weighted by molar-refractivity contribution is 6.32. The first-order chi connectivity index (χ1) is 54.9. The van der Waals surface area contributed by atoms with Crippen molar-refractivity contribution in [1.82, 2.24) is 19.9 Å². The number of benzene rings is 8. The summed E-state index contributed by atoms with van der Waals surface area (Å²) >= 11 is 18.8. The van der Waals surface area contributed by atoms with Crippen molar-refractivity contribution in [3.05, 3.63) is 274 Å². The predicted octanol–water partition coefficient (Wildman–Crippen LogP) is 24.6. The van der Waals surface area contributed by atoms with Crippen LogP contribution in [0.3, 0.4) is 0 Å². The third-order valence-corrected chi connectivity index (χ3v) is 21.9. The molecule has 4 aliphatic carbocycles. The van der Waals surface area contributed by atoms with Crippen molar-refractivity contribution in [1.29, 1.82) is 0 Å². The smallest absolute Gasteiger partial charge is 0.341 e. The molecule has 4 fully saturated rings. The minimum atomic E-state index is -0.425. The van der Waals surface area contributed by atoms with Gasteiger partial charge < -0.3 is 45.0 Å². The Morgan fingerprint density at radius 2 is 0.761 bits per heavy atom. The average molecular weight is 1570 g/mol. The zero-order chi connectivity index (χ0) is 79.6. The number of ether oxygens (including phenoxy) is 5. The first-order valence-corrected chi connectivity index (χ1v) is 39.4. The van der Waals surface area contributed by atoms with Crippen molar-refractivity contribution in [3.63, 3.8) is 0 Å². The highest BCUT2D eigenvalue weighted by atomic mass is 35.5. The number of methoxy groups -OCH3 is 4. The van der Waals surface area contributed by atoms with E-state index in [1.807, 2.05) is 136 Å². The lowest BCUT2D eigenvalue weighted by Crippen LogP contribution is -2.11.